The molecule has 0 aliphatic carbocycles. The quantitative estimate of drug-likeness (QED) is 0.610. The molecule has 0 saturated carbocycles. The van der Waals surface area contributed by atoms with Crippen molar-refractivity contribution in [3.8, 4) is 0 Å². The first-order valence-electron chi connectivity index (χ1n) is 7.08. The first kappa shape index (κ1) is 17.1. The van der Waals surface area contributed by atoms with Crippen molar-refractivity contribution >= 4 is 17.6 Å². The van der Waals surface area contributed by atoms with Gasteiger partial charge in [0.25, 0.3) is 5.91 Å². The lowest BCUT2D eigenvalue weighted by atomic mass is 9.94. The van der Waals surface area contributed by atoms with Crippen LogP contribution in [0.5, 0.6) is 0 Å². The molecule has 9 heteroatoms. The second kappa shape index (κ2) is 6.90. The maximum absolute atomic E-state index is 12.4. The van der Waals surface area contributed by atoms with E-state index >= 15 is 0 Å². The molecule has 1 heterocycles. The number of benzene rings is 1. The van der Waals surface area contributed by atoms with E-state index in [0.717, 1.165) is 10.9 Å². The molecule has 24 heavy (non-hydrogen) atoms. The molecule has 9 nitrogen and oxygen atoms in total. The van der Waals surface area contributed by atoms with Crippen LogP contribution in [0.3, 0.4) is 0 Å². The van der Waals surface area contributed by atoms with E-state index in [4.69, 9.17) is 0 Å². The van der Waals surface area contributed by atoms with Gasteiger partial charge in [0.2, 0.25) is 5.69 Å². The van der Waals surface area contributed by atoms with Crippen LogP contribution in [0.15, 0.2) is 36.5 Å². The monoisotopic (exact) mass is 332 g/mol. The summed E-state index contributed by atoms with van der Waals surface area (Å²) in [6.45, 7) is 1.45. The fraction of sp³-hybridized carbons (Fsp3) is 0.267. The van der Waals surface area contributed by atoms with Gasteiger partial charge in [-0.2, -0.15) is 5.10 Å². The molecule has 0 bridgehead atoms. The van der Waals surface area contributed by atoms with Gasteiger partial charge in [-0.25, -0.2) is 0 Å². The minimum absolute atomic E-state index is 0.360. The van der Waals surface area contributed by atoms with E-state index < -0.39 is 34.4 Å². The molecule has 2 atom stereocenters. The number of amides is 1. The van der Waals surface area contributed by atoms with Crippen molar-refractivity contribution in [3.63, 3.8) is 0 Å². The third kappa shape index (κ3) is 3.57. The van der Waals surface area contributed by atoms with Gasteiger partial charge in [0.1, 0.15) is 6.20 Å². The van der Waals surface area contributed by atoms with E-state index in [1.165, 1.54) is 14.0 Å². The van der Waals surface area contributed by atoms with Gasteiger partial charge in [0.15, 0.2) is 0 Å². The number of aryl methyl sites for hydroxylation is 1. The minimum Gasteiger partial charge on any atom is -0.481 e. The van der Waals surface area contributed by atoms with Crippen LogP contribution in [0.1, 0.15) is 29.0 Å². The Labute approximate surface area is 137 Å². The fourth-order valence-electron chi connectivity index (χ4n) is 2.28. The number of aromatic nitrogens is 2. The largest absolute Gasteiger partial charge is 0.481 e. The summed E-state index contributed by atoms with van der Waals surface area (Å²) in [4.78, 5) is 34.0. The number of carbonyl (C=O) groups is 2. The molecule has 0 radical (unpaired) electrons. The Morgan fingerprint density at radius 1 is 1.33 bits per heavy atom. The van der Waals surface area contributed by atoms with Crippen molar-refractivity contribution in [3.05, 3.63) is 57.9 Å². The number of hydrogen-bond donors (Lipinski definition) is 2. The van der Waals surface area contributed by atoms with Crippen molar-refractivity contribution in [2.24, 2.45) is 13.0 Å². The number of carboxylic acids is 1. The Morgan fingerprint density at radius 2 is 1.96 bits per heavy atom. The fourth-order valence-corrected chi connectivity index (χ4v) is 2.28. The highest BCUT2D eigenvalue weighted by atomic mass is 16.6. The van der Waals surface area contributed by atoms with Gasteiger partial charge in [-0.1, -0.05) is 30.3 Å². The average molecular weight is 332 g/mol. The summed E-state index contributed by atoms with van der Waals surface area (Å²) in [6.07, 6.45) is 1.12. The Kier molecular flexibility index (Phi) is 4.93. The zero-order chi connectivity index (χ0) is 17.9. The van der Waals surface area contributed by atoms with Gasteiger partial charge in [0, 0.05) is 7.05 Å². The van der Waals surface area contributed by atoms with Crippen molar-refractivity contribution in [1.29, 1.82) is 0 Å². The normalized spacial score (nSPS) is 13.1. The standard InChI is InChI=1S/C15H16N4O5/c1-9(15(21)22)12(10-6-4-3-5-7-10)16-14(20)13-11(19(23)24)8-18(2)17-13/h3-9,12H,1-2H3,(H,16,20)(H,21,22). The molecule has 2 unspecified atom stereocenters. The number of nitro groups is 1. The van der Waals surface area contributed by atoms with Crippen LogP contribution in [-0.2, 0) is 11.8 Å². The van der Waals surface area contributed by atoms with E-state index in [9.17, 15) is 24.8 Å². The second-order valence-electron chi connectivity index (χ2n) is 5.28. The third-order valence-corrected chi connectivity index (χ3v) is 3.56. The van der Waals surface area contributed by atoms with Crippen molar-refractivity contribution in [1.82, 2.24) is 15.1 Å². The molecule has 1 aromatic carbocycles. The van der Waals surface area contributed by atoms with Crippen LogP contribution < -0.4 is 5.32 Å². The summed E-state index contributed by atoms with van der Waals surface area (Å²) in [5.74, 6) is -2.83. The lowest BCUT2D eigenvalue weighted by Crippen LogP contribution is -2.36. The number of carbonyl (C=O) groups excluding carboxylic acids is 1. The van der Waals surface area contributed by atoms with Crippen molar-refractivity contribution in [2.45, 2.75) is 13.0 Å². The van der Waals surface area contributed by atoms with E-state index in [2.05, 4.69) is 10.4 Å². The molecule has 1 amide bonds. The van der Waals surface area contributed by atoms with Crippen LogP contribution in [0, 0.1) is 16.0 Å². The average Bonchev–Trinajstić information content (AvgIpc) is 2.95. The van der Waals surface area contributed by atoms with Crippen LogP contribution >= 0.6 is 0 Å². The predicted octanol–water partition coefficient (Wildman–Crippen LogP) is 1.52. The number of nitrogens with zero attached hydrogens (tertiary/aromatic N) is 3. The Morgan fingerprint density at radius 3 is 2.50 bits per heavy atom. The van der Waals surface area contributed by atoms with E-state index in [-0.39, 0.29) is 5.69 Å². The molecule has 2 rings (SSSR count). The van der Waals surface area contributed by atoms with E-state index in [1.807, 2.05) is 0 Å². The smallest absolute Gasteiger partial charge is 0.320 e. The minimum atomic E-state index is -1.10. The molecule has 0 aliphatic rings. The number of aliphatic carboxylic acids is 1. The highest BCUT2D eigenvalue weighted by Crippen LogP contribution is 2.24. The molecular weight excluding hydrogens is 316 g/mol. The summed E-state index contributed by atoms with van der Waals surface area (Å²) in [5.41, 5.74) is -0.217. The summed E-state index contributed by atoms with van der Waals surface area (Å²) >= 11 is 0. The highest BCUT2D eigenvalue weighted by Gasteiger charge is 2.31. The van der Waals surface area contributed by atoms with E-state index in [1.54, 1.807) is 30.3 Å². The van der Waals surface area contributed by atoms with Crippen molar-refractivity contribution < 1.29 is 19.6 Å². The molecule has 2 aromatic rings. The molecule has 0 fully saturated rings. The van der Waals surface area contributed by atoms with Gasteiger partial charge in [0.05, 0.1) is 16.9 Å². The molecule has 0 spiro atoms. The first-order valence-corrected chi connectivity index (χ1v) is 7.08. The molecule has 0 aliphatic heterocycles. The lowest BCUT2D eigenvalue weighted by molar-refractivity contribution is -0.385. The maximum atomic E-state index is 12.4. The number of hydrogen-bond acceptors (Lipinski definition) is 5. The number of carboxylic acid groups (broad SMARTS) is 1. The van der Waals surface area contributed by atoms with Crippen LogP contribution in [0.4, 0.5) is 5.69 Å². The van der Waals surface area contributed by atoms with Crippen LogP contribution in [0.2, 0.25) is 0 Å². The van der Waals surface area contributed by atoms with Gasteiger partial charge in [-0.15, -0.1) is 0 Å². The van der Waals surface area contributed by atoms with Crippen LogP contribution in [-0.4, -0.2) is 31.7 Å². The van der Waals surface area contributed by atoms with Gasteiger partial charge in [-0.3, -0.25) is 24.4 Å². The molecule has 1 aromatic heterocycles. The highest BCUT2D eigenvalue weighted by molar-refractivity contribution is 5.96. The molecule has 2 N–H and O–H groups in total. The Hall–Kier alpha value is -3.23. The number of rotatable bonds is 6. The van der Waals surface area contributed by atoms with Gasteiger partial charge < -0.3 is 10.4 Å². The second-order valence-corrected chi connectivity index (χ2v) is 5.28. The number of nitrogens with one attached hydrogen (secondary N) is 1. The van der Waals surface area contributed by atoms with Crippen molar-refractivity contribution in [2.75, 3.05) is 0 Å². The zero-order valence-corrected chi connectivity index (χ0v) is 13.0. The third-order valence-electron chi connectivity index (χ3n) is 3.56. The zero-order valence-electron chi connectivity index (χ0n) is 13.0. The topological polar surface area (TPSA) is 127 Å². The van der Waals surface area contributed by atoms with Crippen LogP contribution in [0.25, 0.3) is 0 Å². The summed E-state index contributed by atoms with van der Waals surface area (Å²) in [7, 11) is 1.46. The first-order chi connectivity index (χ1) is 11.3. The summed E-state index contributed by atoms with van der Waals surface area (Å²) in [5, 5.41) is 26.6. The summed E-state index contributed by atoms with van der Waals surface area (Å²) < 4.78 is 1.16. The van der Waals surface area contributed by atoms with Gasteiger partial charge >= 0.3 is 11.7 Å². The summed E-state index contributed by atoms with van der Waals surface area (Å²) in [6, 6.07) is 7.70. The molecular formula is C15H16N4O5. The Bertz CT molecular complexity index is 771. The Balaban J connectivity index is 2.35. The lowest BCUT2D eigenvalue weighted by Gasteiger charge is -2.22. The SMILES string of the molecule is CC(C(=O)O)C(NC(=O)c1nn(C)cc1[N+](=O)[O-])c1ccccc1. The maximum Gasteiger partial charge on any atom is 0.320 e. The molecule has 0 saturated heterocycles. The predicted molar refractivity (Wildman–Crippen MR) is 83.3 cm³/mol. The van der Waals surface area contributed by atoms with Gasteiger partial charge in [-0.05, 0) is 12.5 Å². The molecule has 126 valence electrons. The van der Waals surface area contributed by atoms with E-state index in [0.29, 0.717) is 5.56 Å².